The van der Waals surface area contributed by atoms with Crippen molar-refractivity contribution in [1.29, 1.82) is 0 Å². The van der Waals surface area contributed by atoms with Crippen LogP contribution in [-0.2, 0) is 0 Å². The second-order valence-corrected chi connectivity index (χ2v) is 5.92. The van der Waals surface area contributed by atoms with Crippen molar-refractivity contribution in [2.24, 2.45) is 0 Å². The standard InChI is InChI=1S/C17H28N2O/c1-3-4-10-18-11-12-19(15(2)13-18)14-17(20)16-8-6-5-7-9-16/h5-9,15,17,20H,3-4,10-14H2,1-2H3. The second-order valence-electron chi connectivity index (χ2n) is 5.92. The van der Waals surface area contributed by atoms with Crippen LogP contribution in [0, 0.1) is 0 Å². The minimum atomic E-state index is -0.374. The molecule has 2 rings (SSSR count). The number of benzene rings is 1. The predicted octanol–water partition coefficient (Wildman–Crippen LogP) is 2.53. The lowest BCUT2D eigenvalue weighted by Gasteiger charge is -2.40. The monoisotopic (exact) mass is 276 g/mol. The number of hydrogen-bond acceptors (Lipinski definition) is 3. The molecule has 1 saturated heterocycles. The van der Waals surface area contributed by atoms with E-state index in [2.05, 4.69) is 23.6 Å². The fourth-order valence-electron chi connectivity index (χ4n) is 2.93. The molecule has 3 nitrogen and oxygen atoms in total. The Morgan fingerprint density at radius 1 is 1.25 bits per heavy atom. The maximum absolute atomic E-state index is 10.3. The van der Waals surface area contributed by atoms with Crippen LogP contribution in [0.1, 0.15) is 38.4 Å². The van der Waals surface area contributed by atoms with Crippen molar-refractivity contribution in [3.63, 3.8) is 0 Å². The average Bonchev–Trinajstić information content (AvgIpc) is 2.48. The molecule has 3 heteroatoms. The van der Waals surface area contributed by atoms with Gasteiger partial charge in [-0.15, -0.1) is 0 Å². The van der Waals surface area contributed by atoms with E-state index in [0.29, 0.717) is 6.04 Å². The third-order valence-electron chi connectivity index (χ3n) is 4.27. The van der Waals surface area contributed by atoms with E-state index in [1.807, 2.05) is 30.3 Å². The first-order valence-electron chi connectivity index (χ1n) is 7.90. The Morgan fingerprint density at radius 3 is 2.65 bits per heavy atom. The highest BCUT2D eigenvalue weighted by Gasteiger charge is 2.25. The van der Waals surface area contributed by atoms with Gasteiger partial charge in [0.25, 0.3) is 0 Å². The predicted molar refractivity (Wildman–Crippen MR) is 83.8 cm³/mol. The molecule has 0 spiro atoms. The molecule has 1 aliphatic rings. The van der Waals surface area contributed by atoms with E-state index in [1.54, 1.807) is 0 Å². The summed E-state index contributed by atoms with van der Waals surface area (Å²) in [5.74, 6) is 0. The highest BCUT2D eigenvalue weighted by molar-refractivity contribution is 5.17. The van der Waals surface area contributed by atoms with Crippen LogP contribution < -0.4 is 0 Å². The van der Waals surface area contributed by atoms with E-state index in [-0.39, 0.29) is 6.10 Å². The second kappa shape index (κ2) is 7.77. The van der Waals surface area contributed by atoms with Gasteiger partial charge in [0.15, 0.2) is 0 Å². The molecule has 1 aliphatic heterocycles. The van der Waals surface area contributed by atoms with Crippen LogP contribution >= 0.6 is 0 Å². The number of nitrogens with zero attached hydrogens (tertiary/aromatic N) is 2. The molecule has 112 valence electrons. The summed E-state index contributed by atoms with van der Waals surface area (Å²) in [5.41, 5.74) is 1.02. The van der Waals surface area contributed by atoms with E-state index in [9.17, 15) is 5.11 Å². The van der Waals surface area contributed by atoms with E-state index >= 15 is 0 Å². The van der Waals surface area contributed by atoms with Crippen molar-refractivity contribution in [2.45, 2.75) is 38.8 Å². The van der Waals surface area contributed by atoms with Crippen LogP contribution in [-0.4, -0.2) is 53.7 Å². The largest absolute Gasteiger partial charge is 0.387 e. The van der Waals surface area contributed by atoms with E-state index in [0.717, 1.165) is 31.7 Å². The molecule has 1 heterocycles. The molecular formula is C17H28N2O. The number of hydrogen-bond donors (Lipinski definition) is 1. The summed E-state index contributed by atoms with van der Waals surface area (Å²) >= 11 is 0. The molecular weight excluding hydrogens is 248 g/mol. The van der Waals surface area contributed by atoms with Crippen LogP contribution in [0.3, 0.4) is 0 Å². The summed E-state index contributed by atoms with van der Waals surface area (Å²) < 4.78 is 0. The maximum atomic E-state index is 10.3. The van der Waals surface area contributed by atoms with Crippen molar-refractivity contribution in [3.05, 3.63) is 35.9 Å². The number of rotatable bonds is 6. The Morgan fingerprint density at radius 2 is 2.00 bits per heavy atom. The van der Waals surface area contributed by atoms with Crippen LogP contribution in [0.25, 0.3) is 0 Å². The lowest BCUT2D eigenvalue weighted by atomic mass is 10.1. The Hall–Kier alpha value is -0.900. The number of unbranched alkanes of at least 4 members (excludes halogenated alkanes) is 1. The molecule has 0 bridgehead atoms. The van der Waals surface area contributed by atoms with Gasteiger partial charge in [0.2, 0.25) is 0 Å². The zero-order chi connectivity index (χ0) is 14.4. The topological polar surface area (TPSA) is 26.7 Å². The van der Waals surface area contributed by atoms with Gasteiger partial charge in [-0.2, -0.15) is 0 Å². The molecule has 2 unspecified atom stereocenters. The molecule has 0 radical (unpaired) electrons. The van der Waals surface area contributed by atoms with Gasteiger partial charge in [-0.1, -0.05) is 43.7 Å². The highest BCUT2D eigenvalue weighted by atomic mass is 16.3. The van der Waals surface area contributed by atoms with Crippen LogP contribution in [0.2, 0.25) is 0 Å². The SMILES string of the molecule is CCCCN1CCN(CC(O)c2ccccc2)C(C)C1. The summed E-state index contributed by atoms with van der Waals surface area (Å²) in [6.45, 7) is 9.80. The molecule has 1 fully saturated rings. The van der Waals surface area contributed by atoms with Crippen molar-refractivity contribution in [2.75, 3.05) is 32.7 Å². The average molecular weight is 276 g/mol. The number of aliphatic hydroxyl groups excluding tert-OH is 1. The molecule has 1 aromatic rings. The van der Waals surface area contributed by atoms with Gasteiger partial charge in [-0.3, -0.25) is 4.90 Å². The molecule has 20 heavy (non-hydrogen) atoms. The highest BCUT2D eigenvalue weighted by Crippen LogP contribution is 2.17. The van der Waals surface area contributed by atoms with E-state index in [4.69, 9.17) is 0 Å². The third-order valence-corrected chi connectivity index (χ3v) is 4.27. The van der Waals surface area contributed by atoms with Gasteiger partial charge in [0.05, 0.1) is 6.10 Å². The summed E-state index contributed by atoms with van der Waals surface area (Å²) in [6, 6.07) is 10.5. The normalized spacial score (nSPS) is 22.9. The van der Waals surface area contributed by atoms with Gasteiger partial charge >= 0.3 is 0 Å². The van der Waals surface area contributed by atoms with Gasteiger partial charge < -0.3 is 10.0 Å². The number of aliphatic hydroxyl groups is 1. The van der Waals surface area contributed by atoms with Crippen molar-refractivity contribution in [3.8, 4) is 0 Å². The Kier molecular flexibility index (Phi) is 6.02. The fourth-order valence-corrected chi connectivity index (χ4v) is 2.93. The van der Waals surface area contributed by atoms with Crippen LogP contribution in [0.15, 0.2) is 30.3 Å². The van der Waals surface area contributed by atoms with Crippen LogP contribution in [0.4, 0.5) is 0 Å². The lowest BCUT2D eigenvalue weighted by molar-refractivity contribution is 0.0385. The third kappa shape index (κ3) is 4.30. The van der Waals surface area contributed by atoms with Gasteiger partial charge in [0, 0.05) is 32.2 Å². The molecule has 2 atom stereocenters. The minimum Gasteiger partial charge on any atom is -0.387 e. The molecule has 0 aliphatic carbocycles. The van der Waals surface area contributed by atoms with Crippen molar-refractivity contribution >= 4 is 0 Å². The zero-order valence-electron chi connectivity index (χ0n) is 12.8. The van der Waals surface area contributed by atoms with Crippen molar-refractivity contribution < 1.29 is 5.11 Å². The quantitative estimate of drug-likeness (QED) is 0.865. The Labute approximate surface area is 123 Å². The summed E-state index contributed by atoms with van der Waals surface area (Å²) in [5, 5.41) is 10.3. The number of β-amino-alcohol motifs (C(OH)–C–C–N with tert-alkyl or cyclic N) is 1. The number of piperazine rings is 1. The molecule has 0 amide bonds. The van der Waals surface area contributed by atoms with E-state index < -0.39 is 0 Å². The van der Waals surface area contributed by atoms with Gasteiger partial charge in [-0.05, 0) is 25.5 Å². The van der Waals surface area contributed by atoms with Gasteiger partial charge in [0.1, 0.15) is 0 Å². The maximum Gasteiger partial charge on any atom is 0.0917 e. The first kappa shape index (κ1) is 15.5. The van der Waals surface area contributed by atoms with Gasteiger partial charge in [-0.25, -0.2) is 0 Å². The first-order chi connectivity index (χ1) is 9.70. The molecule has 1 aromatic carbocycles. The molecule has 0 saturated carbocycles. The van der Waals surface area contributed by atoms with E-state index in [1.165, 1.54) is 19.4 Å². The minimum absolute atomic E-state index is 0.374. The first-order valence-corrected chi connectivity index (χ1v) is 7.90. The summed E-state index contributed by atoms with van der Waals surface area (Å²) in [7, 11) is 0. The summed E-state index contributed by atoms with van der Waals surface area (Å²) in [4.78, 5) is 4.97. The Bertz CT molecular complexity index is 382. The Balaban J connectivity index is 1.82. The lowest BCUT2D eigenvalue weighted by Crippen LogP contribution is -2.52. The summed E-state index contributed by atoms with van der Waals surface area (Å²) in [6.07, 6.45) is 2.18. The van der Waals surface area contributed by atoms with Crippen molar-refractivity contribution in [1.82, 2.24) is 9.80 Å². The smallest absolute Gasteiger partial charge is 0.0917 e. The fraction of sp³-hybridized carbons (Fsp3) is 0.647. The molecule has 0 aromatic heterocycles. The molecule has 1 N–H and O–H groups in total. The van der Waals surface area contributed by atoms with Crippen LogP contribution in [0.5, 0.6) is 0 Å². The zero-order valence-corrected chi connectivity index (χ0v) is 12.8.